The first kappa shape index (κ1) is 25.8. The highest BCUT2D eigenvalue weighted by atomic mass is 32.2. The summed E-state index contributed by atoms with van der Waals surface area (Å²) in [5.74, 6) is 0.368. The quantitative estimate of drug-likeness (QED) is 0.525. The van der Waals surface area contributed by atoms with Crippen LogP contribution in [0.25, 0.3) is 0 Å². The summed E-state index contributed by atoms with van der Waals surface area (Å²) in [6.07, 6.45) is 2.26. The minimum Gasteiger partial charge on any atom is -0.438 e. The second kappa shape index (κ2) is 10.4. The summed E-state index contributed by atoms with van der Waals surface area (Å²) >= 11 is -1.89. The van der Waals surface area contributed by atoms with Crippen molar-refractivity contribution in [1.29, 1.82) is 0 Å². The van der Waals surface area contributed by atoms with Crippen molar-refractivity contribution in [3.05, 3.63) is 71.3 Å². The third kappa shape index (κ3) is 5.94. The van der Waals surface area contributed by atoms with Gasteiger partial charge in [0.2, 0.25) is 11.3 Å². The zero-order valence-corrected chi connectivity index (χ0v) is 21.5. The lowest BCUT2D eigenvalue weighted by atomic mass is 9.80. The van der Waals surface area contributed by atoms with E-state index in [9.17, 15) is 18.7 Å². The van der Waals surface area contributed by atoms with Gasteiger partial charge < -0.3 is 14.7 Å². The number of piperidine rings is 1. The summed E-state index contributed by atoms with van der Waals surface area (Å²) in [6.45, 7) is 7.25. The molecule has 2 fully saturated rings. The topological polar surface area (TPSA) is 90.3 Å². The van der Waals surface area contributed by atoms with Gasteiger partial charge in [-0.15, -0.1) is 0 Å². The first-order chi connectivity index (χ1) is 16.6. The van der Waals surface area contributed by atoms with Gasteiger partial charge in [0, 0.05) is 32.5 Å². The Morgan fingerprint density at radius 1 is 1.09 bits per heavy atom. The zero-order valence-electron chi connectivity index (χ0n) is 20.7. The van der Waals surface area contributed by atoms with Gasteiger partial charge in [0.05, 0.1) is 11.6 Å². The van der Waals surface area contributed by atoms with Crippen LogP contribution >= 0.6 is 0 Å². The van der Waals surface area contributed by atoms with Gasteiger partial charge in [-0.1, -0.05) is 54.6 Å². The molecule has 0 aromatic heterocycles. The van der Waals surface area contributed by atoms with Crippen molar-refractivity contribution >= 4 is 17.4 Å². The van der Waals surface area contributed by atoms with E-state index >= 15 is 0 Å². The molecule has 190 valence electrons. The Hall–Kier alpha value is -2.26. The molecule has 2 aromatic carbocycles. The number of cyclic esters (lactones) is 1. The van der Waals surface area contributed by atoms with E-state index in [1.807, 2.05) is 37.3 Å². The fraction of sp³-hybridized carbons (Fsp3) is 0.519. The summed E-state index contributed by atoms with van der Waals surface area (Å²) in [7, 11) is 0. The number of aliphatic hydroxyl groups is 1. The normalized spacial score (nSPS) is 24.1. The van der Waals surface area contributed by atoms with Crippen LogP contribution in [-0.2, 0) is 21.6 Å². The molecule has 2 unspecified atom stereocenters. The van der Waals surface area contributed by atoms with E-state index in [1.54, 1.807) is 23.1 Å². The van der Waals surface area contributed by atoms with Crippen molar-refractivity contribution in [2.45, 2.75) is 69.6 Å². The minimum absolute atomic E-state index is 0.147. The molecule has 4 rings (SSSR count). The largest absolute Gasteiger partial charge is 0.438 e. The number of amides is 1. The second-order valence-electron chi connectivity index (χ2n) is 10.4. The molecule has 2 aromatic rings. The molecule has 35 heavy (non-hydrogen) atoms. The molecule has 0 radical (unpaired) electrons. The van der Waals surface area contributed by atoms with Crippen LogP contribution in [0, 0.1) is 0 Å². The lowest BCUT2D eigenvalue weighted by Crippen LogP contribution is -2.51. The fourth-order valence-electron chi connectivity index (χ4n) is 5.46. The average molecular weight is 501 g/mol. The molecule has 2 aliphatic rings. The smallest absolute Gasteiger partial charge is 0.411 e. The number of benzene rings is 2. The molecule has 0 saturated carbocycles. The van der Waals surface area contributed by atoms with Crippen LogP contribution in [0.4, 0.5) is 4.79 Å². The van der Waals surface area contributed by atoms with E-state index in [0.29, 0.717) is 38.4 Å². The molecule has 8 heteroatoms. The molecule has 2 saturated heterocycles. The van der Waals surface area contributed by atoms with Crippen LogP contribution in [0.2, 0.25) is 0 Å². The van der Waals surface area contributed by atoms with Gasteiger partial charge in [-0.25, -0.2) is 13.3 Å². The summed E-state index contributed by atoms with van der Waals surface area (Å²) in [5.41, 5.74) is 1.32. The van der Waals surface area contributed by atoms with Crippen LogP contribution in [0.15, 0.2) is 54.6 Å². The lowest BCUT2D eigenvalue weighted by Gasteiger charge is -2.45. The van der Waals surface area contributed by atoms with Crippen molar-refractivity contribution < 1.29 is 23.4 Å². The van der Waals surface area contributed by atoms with Crippen LogP contribution in [0.1, 0.15) is 75.1 Å². The maximum Gasteiger partial charge on any atom is 0.411 e. The van der Waals surface area contributed by atoms with Crippen LogP contribution in [0.5, 0.6) is 0 Å². The van der Waals surface area contributed by atoms with Gasteiger partial charge in [0.25, 0.3) is 0 Å². The lowest BCUT2D eigenvalue weighted by molar-refractivity contribution is -0.101. The Labute approximate surface area is 210 Å². The Morgan fingerprint density at radius 3 is 2.26 bits per heavy atom. The summed E-state index contributed by atoms with van der Waals surface area (Å²) in [4.78, 5) is 15.0. The number of hydrogen-bond acceptors (Lipinski definition) is 4. The van der Waals surface area contributed by atoms with Gasteiger partial charge in [-0.3, -0.25) is 4.55 Å². The molecule has 3 atom stereocenters. The monoisotopic (exact) mass is 500 g/mol. The van der Waals surface area contributed by atoms with Crippen molar-refractivity contribution in [1.82, 2.24) is 9.21 Å². The van der Waals surface area contributed by atoms with Gasteiger partial charge >= 0.3 is 6.09 Å². The number of carbonyl (C=O) groups is 1. The number of carbonyl (C=O) groups excluding carboxylic acids is 1. The minimum atomic E-state index is -1.89. The van der Waals surface area contributed by atoms with Crippen molar-refractivity contribution in [3.63, 3.8) is 0 Å². The van der Waals surface area contributed by atoms with Crippen LogP contribution < -0.4 is 0 Å². The highest BCUT2D eigenvalue weighted by Crippen LogP contribution is 2.42. The SMILES string of the molecule is C[C@@H](c1ccc(C2CCN(S(=O)O)CC2)cc1)N1CCC(CC(C)(C)O)(c2ccccc2)OC1=O. The third-order valence-corrected chi connectivity index (χ3v) is 8.13. The van der Waals surface area contributed by atoms with Crippen molar-refractivity contribution in [3.8, 4) is 0 Å². The predicted octanol–water partition coefficient (Wildman–Crippen LogP) is 4.96. The zero-order chi connectivity index (χ0) is 25.2. The Kier molecular flexibility index (Phi) is 7.66. The molecule has 0 aliphatic carbocycles. The molecule has 0 spiro atoms. The highest BCUT2D eigenvalue weighted by Gasteiger charge is 2.46. The molecule has 7 nitrogen and oxygen atoms in total. The second-order valence-corrected chi connectivity index (χ2v) is 11.4. The first-order valence-corrected chi connectivity index (χ1v) is 13.4. The highest BCUT2D eigenvalue weighted by molar-refractivity contribution is 7.76. The van der Waals surface area contributed by atoms with Gasteiger partial charge in [-0.2, -0.15) is 0 Å². The summed E-state index contributed by atoms with van der Waals surface area (Å²) in [6, 6.07) is 17.9. The summed E-state index contributed by atoms with van der Waals surface area (Å²) in [5, 5.41) is 10.6. The van der Waals surface area contributed by atoms with E-state index in [1.165, 1.54) is 5.56 Å². The van der Waals surface area contributed by atoms with E-state index in [2.05, 4.69) is 24.3 Å². The molecule has 2 N–H and O–H groups in total. The van der Waals surface area contributed by atoms with Crippen LogP contribution in [-0.4, -0.2) is 54.4 Å². The molecule has 0 bridgehead atoms. The van der Waals surface area contributed by atoms with Gasteiger partial charge in [0.1, 0.15) is 5.60 Å². The molecule has 1 amide bonds. The third-order valence-electron chi connectivity index (χ3n) is 7.32. The molecular formula is C27H36N2O5S. The van der Waals surface area contributed by atoms with E-state index in [-0.39, 0.29) is 12.1 Å². The molecule has 2 aliphatic heterocycles. The fourth-order valence-corrected chi connectivity index (χ4v) is 5.99. The van der Waals surface area contributed by atoms with Crippen molar-refractivity contribution in [2.75, 3.05) is 19.6 Å². The van der Waals surface area contributed by atoms with Gasteiger partial charge in [0.15, 0.2) is 0 Å². The molecule has 2 heterocycles. The Balaban J connectivity index is 1.45. The van der Waals surface area contributed by atoms with Gasteiger partial charge in [-0.05, 0) is 56.2 Å². The predicted molar refractivity (Wildman–Crippen MR) is 136 cm³/mol. The summed E-state index contributed by atoms with van der Waals surface area (Å²) < 4.78 is 28.2. The standard InChI is InChI=1S/C27H36N2O5S/c1-20(21-9-11-22(12-10-21)23-13-16-28(17-14-23)35(32)33)29-18-15-27(34-25(29)30,19-26(2,3)31)24-7-5-4-6-8-24/h4-12,20,23,31H,13-19H2,1-3H3,(H,32,33)/t20-,27?/m0/s1. The average Bonchev–Trinajstić information content (AvgIpc) is 2.83. The Bertz CT molecular complexity index is 1030. The van der Waals surface area contributed by atoms with Crippen molar-refractivity contribution in [2.24, 2.45) is 0 Å². The Morgan fingerprint density at radius 2 is 1.71 bits per heavy atom. The number of ether oxygens (including phenoxy) is 1. The maximum atomic E-state index is 13.3. The number of rotatable bonds is 7. The molecular weight excluding hydrogens is 464 g/mol. The van der Waals surface area contributed by atoms with Crippen LogP contribution in [0.3, 0.4) is 0 Å². The first-order valence-electron chi connectivity index (χ1n) is 12.3. The number of hydrogen-bond donors (Lipinski definition) is 2. The van der Waals surface area contributed by atoms with E-state index in [0.717, 1.165) is 24.0 Å². The van der Waals surface area contributed by atoms with E-state index < -0.39 is 22.5 Å². The number of nitrogens with zero attached hydrogens (tertiary/aromatic N) is 2. The maximum absolute atomic E-state index is 13.3. The van der Waals surface area contributed by atoms with E-state index in [4.69, 9.17) is 4.74 Å².